The van der Waals surface area contributed by atoms with Crippen molar-refractivity contribution >= 4 is 17.4 Å². The number of hydrogen-bond donors (Lipinski definition) is 0. The number of benzene rings is 2. The predicted octanol–water partition coefficient (Wildman–Crippen LogP) is 5.48. The van der Waals surface area contributed by atoms with E-state index in [9.17, 15) is 9.59 Å². The Morgan fingerprint density at radius 1 is 0.938 bits per heavy atom. The smallest absolute Gasteiger partial charge is 0.298 e. The highest BCUT2D eigenvalue weighted by molar-refractivity contribution is 5.89. The first-order valence-electron chi connectivity index (χ1n) is 11.2. The number of rotatable bonds is 13. The molecule has 1 heterocycles. The molecule has 170 valence electrons. The van der Waals surface area contributed by atoms with Gasteiger partial charge >= 0.3 is 0 Å². The zero-order valence-corrected chi connectivity index (χ0v) is 18.8. The molecule has 0 fully saturated rings. The second kappa shape index (κ2) is 11.9. The molecule has 6 heteroatoms. The summed E-state index contributed by atoms with van der Waals surface area (Å²) in [6, 6.07) is 15.4. The number of aryl methyl sites for hydroxylation is 1. The van der Waals surface area contributed by atoms with Crippen molar-refractivity contribution in [2.24, 2.45) is 0 Å². The predicted molar refractivity (Wildman–Crippen MR) is 126 cm³/mol. The minimum absolute atomic E-state index is 0.0843. The first-order chi connectivity index (χ1) is 15.7. The number of hydrogen-bond acceptors (Lipinski definition) is 5. The van der Waals surface area contributed by atoms with Gasteiger partial charge in [-0.3, -0.25) is 9.59 Å². The van der Waals surface area contributed by atoms with Crippen molar-refractivity contribution in [3.63, 3.8) is 0 Å². The van der Waals surface area contributed by atoms with Crippen molar-refractivity contribution < 1.29 is 19.0 Å². The van der Waals surface area contributed by atoms with Crippen LogP contribution < -0.4 is 19.8 Å². The van der Waals surface area contributed by atoms with Gasteiger partial charge in [0.2, 0.25) is 5.75 Å². The molecule has 0 radical (unpaired) electrons. The normalized spacial score (nSPS) is 10.8. The lowest BCUT2D eigenvalue weighted by Crippen LogP contribution is -2.23. The number of carbonyl (C=O) groups is 1. The van der Waals surface area contributed by atoms with Gasteiger partial charge in [0.25, 0.3) is 12.0 Å². The van der Waals surface area contributed by atoms with E-state index in [1.165, 1.54) is 26.4 Å². The van der Waals surface area contributed by atoms with Crippen molar-refractivity contribution in [2.75, 3.05) is 7.11 Å². The Balaban J connectivity index is 1.93. The molecule has 0 N–H and O–H groups in total. The van der Waals surface area contributed by atoms with Crippen LogP contribution in [-0.4, -0.2) is 18.1 Å². The van der Waals surface area contributed by atoms with Crippen LogP contribution in [0.1, 0.15) is 51.0 Å². The zero-order valence-electron chi connectivity index (χ0n) is 18.8. The first-order valence-corrected chi connectivity index (χ1v) is 11.2. The number of pyridine rings is 1. The standard InChI is InChI=1S/C26H31NO5/c1-3-4-5-6-7-11-16-27-23-17-21(31-18-20-12-9-8-10-13-20)14-15-22(23)24(30-2)25(26(27)29)32-19-28/h8-10,12-15,17,19H,3-7,11,16,18H2,1-2H3. The van der Waals surface area contributed by atoms with Crippen LogP contribution in [0.25, 0.3) is 10.9 Å². The molecule has 0 saturated heterocycles. The summed E-state index contributed by atoms with van der Waals surface area (Å²) >= 11 is 0. The molecule has 0 aliphatic rings. The van der Waals surface area contributed by atoms with E-state index >= 15 is 0 Å². The Kier molecular flexibility index (Phi) is 8.72. The van der Waals surface area contributed by atoms with Crippen molar-refractivity contribution in [3.8, 4) is 17.2 Å². The summed E-state index contributed by atoms with van der Waals surface area (Å²) in [7, 11) is 1.46. The molecule has 0 atom stereocenters. The molecular formula is C26H31NO5. The van der Waals surface area contributed by atoms with E-state index in [0.717, 1.165) is 24.8 Å². The van der Waals surface area contributed by atoms with Crippen molar-refractivity contribution in [1.82, 2.24) is 4.57 Å². The van der Waals surface area contributed by atoms with Crippen molar-refractivity contribution in [2.45, 2.75) is 58.6 Å². The van der Waals surface area contributed by atoms with Gasteiger partial charge in [-0.15, -0.1) is 0 Å². The number of methoxy groups -OCH3 is 1. The zero-order chi connectivity index (χ0) is 22.8. The molecule has 0 aliphatic heterocycles. The Bertz CT molecular complexity index is 1080. The lowest BCUT2D eigenvalue weighted by molar-refractivity contribution is -0.120. The molecule has 3 aromatic rings. The van der Waals surface area contributed by atoms with Crippen LogP contribution in [-0.2, 0) is 17.9 Å². The van der Waals surface area contributed by atoms with Gasteiger partial charge in [-0.05, 0) is 24.1 Å². The summed E-state index contributed by atoms with van der Waals surface area (Å²) in [4.78, 5) is 24.2. The van der Waals surface area contributed by atoms with Crippen LogP contribution in [0.2, 0.25) is 0 Å². The molecule has 0 saturated carbocycles. The molecule has 0 aliphatic carbocycles. The quantitative estimate of drug-likeness (QED) is 0.261. The number of carbonyl (C=O) groups excluding carboxylic acids is 1. The summed E-state index contributed by atoms with van der Waals surface area (Å²) < 4.78 is 18.1. The molecule has 0 unspecified atom stereocenters. The maximum absolute atomic E-state index is 13.2. The number of nitrogens with zero attached hydrogens (tertiary/aromatic N) is 1. The number of aromatic nitrogens is 1. The number of unbranched alkanes of at least 4 members (excludes halogenated alkanes) is 5. The van der Waals surface area contributed by atoms with E-state index in [1.807, 2.05) is 48.5 Å². The Labute approximate surface area is 188 Å². The lowest BCUT2D eigenvalue weighted by atomic mass is 10.1. The summed E-state index contributed by atoms with van der Waals surface area (Å²) in [5, 5.41) is 0.696. The minimum Gasteiger partial charge on any atom is -0.492 e. The van der Waals surface area contributed by atoms with Crippen LogP contribution in [0.3, 0.4) is 0 Å². The topological polar surface area (TPSA) is 66.8 Å². The van der Waals surface area contributed by atoms with E-state index in [-0.39, 0.29) is 23.5 Å². The van der Waals surface area contributed by atoms with Crippen LogP contribution in [0, 0.1) is 0 Å². The highest BCUT2D eigenvalue weighted by atomic mass is 16.5. The SMILES string of the molecule is CCCCCCCCn1c(=O)c(OC=O)c(OC)c2ccc(OCc3ccccc3)cc21. The van der Waals surface area contributed by atoms with E-state index < -0.39 is 0 Å². The van der Waals surface area contributed by atoms with E-state index in [1.54, 1.807) is 4.57 Å². The number of fused-ring (bicyclic) bond motifs is 1. The number of ether oxygens (including phenoxy) is 3. The molecule has 0 spiro atoms. The molecule has 0 amide bonds. The molecule has 1 aromatic heterocycles. The fourth-order valence-corrected chi connectivity index (χ4v) is 3.84. The van der Waals surface area contributed by atoms with Gasteiger partial charge in [0.05, 0.1) is 12.6 Å². The van der Waals surface area contributed by atoms with E-state index in [2.05, 4.69) is 6.92 Å². The fraction of sp³-hybridized carbons (Fsp3) is 0.385. The summed E-state index contributed by atoms with van der Waals surface area (Å²) in [5.41, 5.74) is 1.38. The maximum Gasteiger partial charge on any atom is 0.298 e. The minimum atomic E-state index is -0.379. The van der Waals surface area contributed by atoms with Crippen LogP contribution in [0.15, 0.2) is 53.3 Å². The monoisotopic (exact) mass is 437 g/mol. The summed E-state index contributed by atoms with van der Waals surface area (Å²) in [6.45, 7) is 3.41. The second-order valence-electron chi connectivity index (χ2n) is 7.75. The third-order valence-electron chi connectivity index (χ3n) is 5.50. The molecular weight excluding hydrogens is 406 g/mol. The van der Waals surface area contributed by atoms with Crippen LogP contribution in [0.5, 0.6) is 17.2 Å². The largest absolute Gasteiger partial charge is 0.492 e. The van der Waals surface area contributed by atoms with Gasteiger partial charge in [-0.2, -0.15) is 0 Å². The molecule has 0 bridgehead atoms. The van der Waals surface area contributed by atoms with Gasteiger partial charge in [-0.1, -0.05) is 69.4 Å². The van der Waals surface area contributed by atoms with Gasteiger partial charge < -0.3 is 18.8 Å². The highest BCUT2D eigenvalue weighted by Crippen LogP contribution is 2.34. The molecule has 32 heavy (non-hydrogen) atoms. The van der Waals surface area contributed by atoms with Crippen molar-refractivity contribution in [1.29, 1.82) is 0 Å². The molecule has 2 aromatic carbocycles. The Morgan fingerprint density at radius 3 is 2.41 bits per heavy atom. The third kappa shape index (κ3) is 5.69. The summed E-state index contributed by atoms with van der Waals surface area (Å²) in [5.74, 6) is 0.827. The first kappa shape index (κ1) is 23.4. The van der Waals surface area contributed by atoms with Crippen molar-refractivity contribution in [3.05, 3.63) is 64.4 Å². The maximum atomic E-state index is 13.2. The molecule has 6 nitrogen and oxygen atoms in total. The van der Waals surface area contributed by atoms with Crippen LogP contribution in [0.4, 0.5) is 0 Å². The van der Waals surface area contributed by atoms with E-state index in [4.69, 9.17) is 14.2 Å². The van der Waals surface area contributed by atoms with Gasteiger partial charge in [-0.25, -0.2) is 0 Å². The van der Waals surface area contributed by atoms with Gasteiger partial charge in [0.1, 0.15) is 12.4 Å². The fourth-order valence-electron chi connectivity index (χ4n) is 3.84. The van der Waals surface area contributed by atoms with Crippen LogP contribution >= 0.6 is 0 Å². The molecule has 3 rings (SSSR count). The Morgan fingerprint density at radius 2 is 1.69 bits per heavy atom. The second-order valence-corrected chi connectivity index (χ2v) is 7.75. The van der Waals surface area contributed by atoms with Gasteiger partial charge in [0, 0.05) is 18.0 Å². The highest BCUT2D eigenvalue weighted by Gasteiger charge is 2.19. The average Bonchev–Trinajstić information content (AvgIpc) is 2.82. The van der Waals surface area contributed by atoms with Gasteiger partial charge in [0.15, 0.2) is 5.75 Å². The van der Waals surface area contributed by atoms with E-state index in [0.29, 0.717) is 29.8 Å². The lowest BCUT2D eigenvalue weighted by Gasteiger charge is -2.17. The average molecular weight is 438 g/mol. The Hall–Kier alpha value is -3.28. The summed E-state index contributed by atoms with van der Waals surface area (Å²) in [6.07, 6.45) is 6.66. The third-order valence-corrected chi connectivity index (χ3v) is 5.50.